The second kappa shape index (κ2) is 27.3. The van der Waals surface area contributed by atoms with Crippen molar-refractivity contribution in [2.75, 3.05) is 33.0 Å². The van der Waals surface area contributed by atoms with Gasteiger partial charge in [-0.25, -0.2) is 9.59 Å². The van der Waals surface area contributed by atoms with Crippen LogP contribution < -0.4 is 0 Å². The molecule has 0 spiro atoms. The molecule has 0 unspecified atom stereocenters. The first-order valence-corrected chi connectivity index (χ1v) is 24.6. The van der Waals surface area contributed by atoms with Crippen LogP contribution >= 0.6 is 0 Å². The summed E-state index contributed by atoms with van der Waals surface area (Å²) in [5.41, 5.74) is 0. The predicted octanol–water partition coefficient (Wildman–Crippen LogP) is -16.1. The maximum atomic E-state index is 12.8. The van der Waals surface area contributed by atoms with Crippen molar-refractivity contribution in [3.05, 3.63) is 0 Å². The molecule has 7 saturated heterocycles. The highest BCUT2D eigenvalue weighted by atomic mass is 16.8. The van der Waals surface area contributed by atoms with Crippen LogP contribution in [0.2, 0.25) is 0 Å². The zero-order valence-corrected chi connectivity index (χ0v) is 41.2. The molecule has 0 aromatic heterocycles. The Kier molecular flexibility index (Phi) is 22.2. The third kappa shape index (κ3) is 13.0. The summed E-state index contributed by atoms with van der Waals surface area (Å²) < 4.78 is 71.7. The van der Waals surface area contributed by atoms with Gasteiger partial charge in [0.2, 0.25) is 0 Å². The summed E-state index contributed by atoms with van der Waals surface area (Å²) in [6.07, 6.45) is -76.5. The fourth-order valence-corrected chi connectivity index (χ4v) is 9.92. The number of ether oxygens (including phenoxy) is 13. The van der Waals surface area contributed by atoms with Crippen molar-refractivity contribution in [1.29, 1.82) is 0 Å². The van der Waals surface area contributed by atoms with Crippen LogP contribution in [-0.4, -0.2) is 377 Å². The van der Waals surface area contributed by atoms with Crippen molar-refractivity contribution in [2.24, 2.45) is 0 Å². The molecule has 0 bridgehead atoms. The molecule has 0 aromatic carbocycles. The van der Waals surface area contributed by atoms with Gasteiger partial charge in [0.1, 0.15) is 159 Å². The highest BCUT2D eigenvalue weighted by Crippen LogP contribution is 2.39. The zero-order chi connectivity index (χ0) is 59.1. The normalized spacial score (nSPS) is 52.3. The van der Waals surface area contributed by atoms with Gasteiger partial charge in [0.05, 0.1) is 33.0 Å². The molecule has 7 fully saturated rings. The Bertz CT molecular complexity index is 1980. The van der Waals surface area contributed by atoms with Gasteiger partial charge in [-0.3, -0.25) is 0 Å². The highest BCUT2D eigenvalue weighted by molar-refractivity contribution is 5.74. The number of carbonyl (C=O) groups is 2. The van der Waals surface area contributed by atoms with Crippen molar-refractivity contribution in [3.8, 4) is 0 Å². The Morgan fingerprint density at radius 3 is 1.04 bits per heavy atom. The minimum Gasteiger partial charge on any atom is -0.479 e. The molecule has 464 valence electrons. The Morgan fingerprint density at radius 2 is 0.588 bits per heavy atom. The quantitative estimate of drug-likeness (QED) is 0.0571. The van der Waals surface area contributed by atoms with E-state index in [2.05, 4.69) is 0 Å². The Balaban J connectivity index is 1.14. The van der Waals surface area contributed by atoms with E-state index in [0.29, 0.717) is 0 Å². The van der Waals surface area contributed by atoms with Gasteiger partial charge in [0, 0.05) is 0 Å². The maximum absolute atomic E-state index is 12.8. The van der Waals surface area contributed by atoms with Gasteiger partial charge in [0.25, 0.3) is 0 Å². The van der Waals surface area contributed by atoms with Crippen LogP contribution in [0.4, 0.5) is 0 Å². The molecule has 38 heteroatoms. The van der Waals surface area contributed by atoms with E-state index < -0.39 is 260 Å². The van der Waals surface area contributed by atoms with E-state index >= 15 is 0 Å². The largest absolute Gasteiger partial charge is 0.479 e. The number of aliphatic hydroxyl groups is 21. The van der Waals surface area contributed by atoms with Crippen LogP contribution in [0.5, 0.6) is 0 Å². The number of hydrogen-bond donors (Lipinski definition) is 23. The van der Waals surface area contributed by atoms with E-state index in [-0.39, 0.29) is 0 Å². The van der Waals surface area contributed by atoms with E-state index in [4.69, 9.17) is 61.6 Å². The molecule has 7 aliphatic heterocycles. The summed E-state index contributed by atoms with van der Waals surface area (Å²) in [4.78, 5) is 24.5. The van der Waals surface area contributed by atoms with Crippen molar-refractivity contribution < 1.29 is 189 Å². The smallest absolute Gasteiger partial charge is 0.335 e. The number of hydrogen-bond acceptors (Lipinski definition) is 36. The minimum atomic E-state index is -2.50. The number of carboxylic acids is 2. The SMILES string of the molecule is O=C(O)[C@H]1O[C@H](O[C@@H]2[C@H](O)[C@@H](O[C@@H]3[C@@H](O)[C@H](O[C@@H]4[C@@H](O)[C@@H](O[C@@H]5O[C@H](CO)[C@@H](O)[C@H](O)[C@H]5O)[C@H](O[C@H]5[C@H](O)[C@@H](O)[C@@H](O[C@@H]6[C@H](O)[C@H](O)O[C@H](CO)[C@H]6O)O[C@@H]5C(=O)O)O[C@H]4CO)O[C@H](CO)[C@H]3O)O[C@H](CO)[C@H]2O)[C@H](O)[C@@H](O)[C@@H]1O. The number of carboxylic acid groups (broad SMARTS) is 2. The lowest BCUT2D eigenvalue weighted by atomic mass is 9.94. The van der Waals surface area contributed by atoms with Gasteiger partial charge in [0.15, 0.2) is 56.2 Å². The molecule has 0 amide bonds. The number of aliphatic carboxylic acids is 2. The summed E-state index contributed by atoms with van der Waals surface area (Å²) >= 11 is 0. The summed E-state index contributed by atoms with van der Waals surface area (Å²) in [5.74, 6) is -3.84. The maximum Gasteiger partial charge on any atom is 0.335 e. The zero-order valence-electron chi connectivity index (χ0n) is 41.2. The first-order valence-electron chi connectivity index (χ1n) is 24.6. The first-order chi connectivity index (χ1) is 37.7. The molecule has 23 N–H and O–H groups in total. The molecule has 0 aliphatic carbocycles. The van der Waals surface area contributed by atoms with E-state index in [1.165, 1.54) is 0 Å². The highest BCUT2D eigenvalue weighted by Gasteiger charge is 2.60. The molecular formula is C42H68O38. The lowest BCUT2D eigenvalue weighted by Gasteiger charge is -2.51. The third-order valence-corrected chi connectivity index (χ3v) is 14.5. The van der Waals surface area contributed by atoms with Gasteiger partial charge in [-0.15, -0.1) is 0 Å². The average Bonchev–Trinajstić information content (AvgIpc) is 3.48. The predicted molar refractivity (Wildman–Crippen MR) is 233 cm³/mol. The van der Waals surface area contributed by atoms with Crippen LogP contribution in [-0.2, 0) is 71.2 Å². The Morgan fingerprint density at radius 1 is 0.263 bits per heavy atom. The van der Waals surface area contributed by atoms with Gasteiger partial charge >= 0.3 is 11.9 Å². The number of aliphatic hydroxyl groups excluding tert-OH is 21. The lowest BCUT2D eigenvalue weighted by Crippen LogP contribution is -2.69. The van der Waals surface area contributed by atoms with Crippen LogP contribution in [0.25, 0.3) is 0 Å². The second-order valence-corrected chi connectivity index (χ2v) is 19.6. The topological polar surface area (TPSA) is 619 Å². The molecule has 80 heavy (non-hydrogen) atoms. The molecule has 0 aromatic rings. The van der Waals surface area contributed by atoms with Crippen molar-refractivity contribution in [1.82, 2.24) is 0 Å². The first kappa shape index (κ1) is 65.1. The summed E-state index contributed by atoms with van der Waals surface area (Å²) in [6.45, 7) is -5.51. The monoisotopic (exact) mass is 1180 g/mol. The van der Waals surface area contributed by atoms with Crippen LogP contribution in [0.3, 0.4) is 0 Å². The van der Waals surface area contributed by atoms with Crippen molar-refractivity contribution >= 4 is 11.9 Å². The van der Waals surface area contributed by atoms with Crippen molar-refractivity contribution in [3.63, 3.8) is 0 Å². The number of rotatable bonds is 19. The Labute approximate surface area is 448 Å². The average molecular weight is 1180 g/mol. The van der Waals surface area contributed by atoms with Crippen LogP contribution in [0.15, 0.2) is 0 Å². The standard InChI is InChI=1S/C42H68O38/c43-1-6-11(48)15(52)19(56)37(69-6)79-32-22(59)26(10(5-47)72-42(32)77-30-18(55)21(58)39(80-33(30)35(65)66)74-27-12(49)7(2-44)68-36(67)23(27)60)73-40-24(61)29(14(51)8(3-45)70-40)76-41-25(62)28(13(50)9(4-46)71-41)75-38-20(57)16(53)17(54)31(78-38)34(63)64/h6-33,36-62,67H,1-5H2,(H,63,64)(H,65,66)/t6-,7-,8-,9-,10+,11-,12-,13-,14-,15+,16+,17+,18-,19-,20-,21-,22-,23+,24-,25+,26+,27+,28+,29+,30+,31+,32-,33+,36-,37+,38+,39+,40+,41-,42+/m1/s1. The lowest BCUT2D eigenvalue weighted by molar-refractivity contribution is -0.408. The molecule has 0 radical (unpaired) electrons. The summed E-state index contributed by atoms with van der Waals surface area (Å²) in [7, 11) is 0. The van der Waals surface area contributed by atoms with E-state index in [1.54, 1.807) is 0 Å². The molecule has 7 heterocycles. The van der Waals surface area contributed by atoms with E-state index in [0.717, 1.165) is 0 Å². The molecule has 38 nitrogen and oxygen atoms in total. The fraction of sp³-hybridized carbons (Fsp3) is 0.952. The van der Waals surface area contributed by atoms with Crippen molar-refractivity contribution in [2.45, 2.75) is 215 Å². The molecule has 7 rings (SSSR count). The van der Waals surface area contributed by atoms with Gasteiger partial charge in [-0.05, 0) is 0 Å². The van der Waals surface area contributed by atoms with Crippen LogP contribution in [0.1, 0.15) is 0 Å². The van der Waals surface area contributed by atoms with Gasteiger partial charge in [-0.1, -0.05) is 0 Å². The molecule has 7 aliphatic rings. The van der Waals surface area contributed by atoms with Gasteiger partial charge < -0.3 is 179 Å². The van der Waals surface area contributed by atoms with Gasteiger partial charge in [-0.2, -0.15) is 0 Å². The summed E-state index contributed by atoms with van der Waals surface area (Å²) in [5, 5.41) is 245. The summed E-state index contributed by atoms with van der Waals surface area (Å²) in [6, 6.07) is 0. The van der Waals surface area contributed by atoms with E-state index in [1.807, 2.05) is 0 Å². The molecule has 35 atom stereocenters. The fourth-order valence-electron chi connectivity index (χ4n) is 9.92. The molecule has 0 saturated carbocycles. The Hall–Kier alpha value is -2.42. The molecular weight excluding hydrogens is 1110 g/mol. The van der Waals surface area contributed by atoms with E-state index in [9.17, 15) is 127 Å². The third-order valence-electron chi connectivity index (χ3n) is 14.5. The van der Waals surface area contributed by atoms with Crippen LogP contribution in [0, 0.1) is 0 Å². The second-order valence-electron chi connectivity index (χ2n) is 19.6. The minimum absolute atomic E-state index is 0.949.